The van der Waals surface area contributed by atoms with Crippen LogP contribution in [0.2, 0.25) is 0 Å². The maximum Gasteiger partial charge on any atom is 0.243 e. The molecule has 2 rings (SSSR count). The van der Waals surface area contributed by atoms with Crippen LogP contribution in [0.3, 0.4) is 0 Å². The molecule has 2 aromatic heterocycles. The van der Waals surface area contributed by atoms with E-state index in [9.17, 15) is 0 Å². The molecule has 0 aliphatic heterocycles. The minimum Gasteiger partial charge on any atom is -0.346 e. The van der Waals surface area contributed by atoms with Crippen LogP contribution in [-0.2, 0) is 13.1 Å². The first kappa shape index (κ1) is 11.4. The van der Waals surface area contributed by atoms with Crippen molar-refractivity contribution in [1.29, 1.82) is 0 Å². The third-order valence-corrected chi connectivity index (χ3v) is 2.53. The van der Waals surface area contributed by atoms with Gasteiger partial charge in [-0.05, 0) is 20.8 Å². The van der Waals surface area contributed by atoms with E-state index in [4.69, 9.17) is 0 Å². The number of nitrogens with zero attached hydrogens (tertiary/aromatic N) is 6. The van der Waals surface area contributed by atoms with Gasteiger partial charge in [-0.1, -0.05) is 0 Å². The van der Waals surface area contributed by atoms with E-state index in [2.05, 4.69) is 30.7 Å². The minimum absolute atomic E-state index is 0.513. The van der Waals surface area contributed by atoms with Crippen molar-refractivity contribution in [2.45, 2.75) is 33.9 Å². The lowest BCUT2D eigenvalue weighted by atomic mass is 10.4. The number of hydrogen-bond acceptors (Lipinski definition) is 6. The van der Waals surface area contributed by atoms with Crippen LogP contribution in [0, 0.1) is 13.8 Å². The van der Waals surface area contributed by atoms with Crippen molar-refractivity contribution in [2.75, 3.05) is 5.32 Å². The second-order valence-corrected chi connectivity index (χ2v) is 3.69. The molecule has 0 aliphatic rings. The Labute approximate surface area is 99.3 Å². The summed E-state index contributed by atoms with van der Waals surface area (Å²) in [6.45, 7) is 7.21. The van der Waals surface area contributed by atoms with E-state index in [-0.39, 0.29) is 0 Å². The van der Waals surface area contributed by atoms with Gasteiger partial charge in [-0.2, -0.15) is 5.10 Å². The molecular weight excluding hydrogens is 218 g/mol. The number of rotatable bonds is 4. The molecule has 0 aliphatic carbocycles. The number of aryl methyl sites for hydroxylation is 3. The lowest BCUT2D eigenvalue weighted by Crippen LogP contribution is -2.11. The van der Waals surface area contributed by atoms with Crippen molar-refractivity contribution in [1.82, 2.24) is 29.9 Å². The highest BCUT2D eigenvalue weighted by Crippen LogP contribution is 2.03. The van der Waals surface area contributed by atoms with Crippen LogP contribution in [0.5, 0.6) is 0 Å². The Bertz CT molecular complexity index is 505. The van der Waals surface area contributed by atoms with Gasteiger partial charge in [-0.3, -0.25) is 0 Å². The molecule has 0 amide bonds. The van der Waals surface area contributed by atoms with Crippen LogP contribution in [-0.4, -0.2) is 29.9 Å². The Morgan fingerprint density at radius 3 is 2.71 bits per heavy atom. The molecule has 17 heavy (non-hydrogen) atoms. The summed E-state index contributed by atoms with van der Waals surface area (Å²) in [5.74, 6) is 1.37. The van der Waals surface area contributed by atoms with Gasteiger partial charge in [0, 0.05) is 6.54 Å². The molecule has 0 bridgehead atoms. The van der Waals surface area contributed by atoms with E-state index >= 15 is 0 Å². The second-order valence-electron chi connectivity index (χ2n) is 3.69. The molecule has 0 saturated heterocycles. The van der Waals surface area contributed by atoms with Crippen molar-refractivity contribution >= 4 is 5.95 Å². The van der Waals surface area contributed by atoms with Crippen LogP contribution >= 0.6 is 0 Å². The molecule has 2 aromatic rings. The zero-order valence-corrected chi connectivity index (χ0v) is 10.2. The molecule has 90 valence electrons. The van der Waals surface area contributed by atoms with Gasteiger partial charge in [-0.15, -0.1) is 15.3 Å². The standard InChI is InChI=1S/C10H15N7/c1-4-17-6-12-15-9(17)5-11-10-13-7(2)8(3)14-16-10/h6H,4-5H2,1-3H3,(H,11,13,16). The summed E-state index contributed by atoms with van der Waals surface area (Å²) in [4.78, 5) is 4.29. The first-order valence-electron chi connectivity index (χ1n) is 5.49. The van der Waals surface area contributed by atoms with Crippen molar-refractivity contribution < 1.29 is 0 Å². The Morgan fingerprint density at radius 2 is 2.00 bits per heavy atom. The first-order chi connectivity index (χ1) is 8.20. The lowest BCUT2D eigenvalue weighted by Gasteiger charge is -2.06. The predicted molar refractivity (Wildman–Crippen MR) is 62.3 cm³/mol. The van der Waals surface area contributed by atoms with Crippen molar-refractivity contribution in [3.63, 3.8) is 0 Å². The molecule has 0 saturated carbocycles. The summed E-state index contributed by atoms with van der Waals surface area (Å²) >= 11 is 0. The number of aromatic nitrogens is 6. The van der Waals surface area contributed by atoms with Gasteiger partial charge in [0.25, 0.3) is 0 Å². The predicted octanol–water partition coefficient (Wildman–Crippen LogP) is 0.712. The average molecular weight is 233 g/mol. The normalized spacial score (nSPS) is 10.5. The summed E-state index contributed by atoms with van der Waals surface area (Å²) < 4.78 is 1.96. The Balaban J connectivity index is 2.05. The van der Waals surface area contributed by atoms with E-state index in [1.165, 1.54) is 0 Å². The smallest absolute Gasteiger partial charge is 0.243 e. The van der Waals surface area contributed by atoms with Crippen LogP contribution < -0.4 is 5.32 Å². The molecule has 1 N–H and O–H groups in total. The van der Waals surface area contributed by atoms with Crippen LogP contribution in [0.4, 0.5) is 5.95 Å². The molecule has 7 heteroatoms. The third-order valence-electron chi connectivity index (χ3n) is 2.53. The minimum atomic E-state index is 0.513. The van der Waals surface area contributed by atoms with Crippen LogP contribution in [0.15, 0.2) is 6.33 Å². The summed E-state index contributed by atoms with van der Waals surface area (Å²) in [5.41, 5.74) is 1.71. The molecule has 0 spiro atoms. The van der Waals surface area contributed by atoms with Gasteiger partial charge in [0.2, 0.25) is 5.95 Å². The maximum absolute atomic E-state index is 4.29. The van der Waals surface area contributed by atoms with Crippen molar-refractivity contribution in [3.05, 3.63) is 23.5 Å². The number of anilines is 1. The van der Waals surface area contributed by atoms with E-state index in [0.717, 1.165) is 23.8 Å². The lowest BCUT2D eigenvalue weighted by molar-refractivity contribution is 0.705. The summed E-state index contributed by atoms with van der Waals surface area (Å²) in [6, 6.07) is 0. The molecule has 7 nitrogen and oxygen atoms in total. The summed E-state index contributed by atoms with van der Waals surface area (Å²) in [5, 5.41) is 18.9. The maximum atomic E-state index is 4.29. The Hall–Kier alpha value is -2.05. The van der Waals surface area contributed by atoms with Gasteiger partial charge < -0.3 is 9.88 Å². The fourth-order valence-corrected chi connectivity index (χ4v) is 1.37. The third kappa shape index (κ3) is 2.55. The van der Waals surface area contributed by atoms with Crippen LogP contribution in [0.1, 0.15) is 24.1 Å². The monoisotopic (exact) mass is 233 g/mol. The fraction of sp³-hybridized carbons (Fsp3) is 0.500. The number of nitrogens with one attached hydrogen (secondary N) is 1. The Kier molecular flexibility index (Phi) is 3.27. The van der Waals surface area contributed by atoms with Gasteiger partial charge in [0.05, 0.1) is 17.9 Å². The SMILES string of the molecule is CCn1cnnc1CNc1nnc(C)c(C)n1. The van der Waals surface area contributed by atoms with Crippen LogP contribution in [0.25, 0.3) is 0 Å². The second kappa shape index (κ2) is 4.86. The van der Waals surface area contributed by atoms with Crippen molar-refractivity contribution in [3.8, 4) is 0 Å². The van der Waals surface area contributed by atoms with E-state index in [0.29, 0.717) is 12.5 Å². The van der Waals surface area contributed by atoms with Gasteiger partial charge >= 0.3 is 0 Å². The molecular formula is C10H15N7. The van der Waals surface area contributed by atoms with Gasteiger partial charge in [0.15, 0.2) is 5.82 Å². The molecule has 0 unspecified atom stereocenters. The molecule has 0 fully saturated rings. The highest BCUT2D eigenvalue weighted by atomic mass is 15.3. The summed E-state index contributed by atoms with van der Waals surface area (Å²) in [6.07, 6.45) is 1.70. The highest BCUT2D eigenvalue weighted by molar-refractivity contribution is 5.24. The molecule has 0 radical (unpaired) electrons. The average Bonchev–Trinajstić information content (AvgIpc) is 2.78. The largest absolute Gasteiger partial charge is 0.346 e. The topological polar surface area (TPSA) is 81.4 Å². The Morgan fingerprint density at radius 1 is 1.18 bits per heavy atom. The number of hydrogen-bond donors (Lipinski definition) is 1. The quantitative estimate of drug-likeness (QED) is 0.837. The highest BCUT2D eigenvalue weighted by Gasteiger charge is 2.05. The van der Waals surface area contributed by atoms with E-state index in [1.807, 2.05) is 25.3 Å². The summed E-state index contributed by atoms with van der Waals surface area (Å²) in [7, 11) is 0. The molecule has 0 aromatic carbocycles. The molecule has 0 atom stereocenters. The van der Waals surface area contributed by atoms with Crippen molar-refractivity contribution in [2.24, 2.45) is 0 Å². The van der Waals surface area contributed by atoms with Gasteiger partial charge in [-0.25, -0.2) is 4.98 Å². The van der Waals surface area contributed by atoms with E-state index in [1.54, 1.807) is 6.33 Å². The fourth-order valence-electron chi connectivity index (χ4n) is 1.37. The zero-order chi connectivity index (χ0) is 12.3. The van der Waals surface area contributed by atoms with Gasteiger partial charge in [0.1, 0.15) is 6.33 Å². The van der Waals surface area contributed by atoms with E-state index < -0.39 is 0 Å². The first-order valence-corrected chi connectivity index (χ1v) is 5.49. The zero-order valence-electron chi connectivity index (χ0n) is 10.2. The molecule has 2 heterocycles.